The number of rotatable bonds is 9. The van der Waals surface area contributed by atoms with Gasteiger partial charge in [-0.15, -0.1) is 12.4 Å². The highest BCUT2D eigenvalue weighted by Gasteiger charge is 2.26. The molecule has 1 atom stereocenters. The van der Waals surface area contributed by atoms with Crippen molar-refractivity contribution in [2.75, 3.05) is 24.9 Å². The Morgan fingerprint density at radius 2 is 1.79 bits per heavy atom. The van der Waals surface area contributed by atoms with Crippen molar-refractivity contribution in [2.24, 2.45) is 11.7 Å². The van der Waals surface area contributed by atoms with Crippen LogP contribution >= 0.6 is 12.4 Å². The van der Waals surface area contributed by atoms with Crippen molar-refractivity contribution in [1.82, 2.24) is 9.97 Å². The number of halogens is 1. The maximum atomic E-state index is 11.5. The summed E-state index contributed by atoms with van der Waals surface area (Å²) in [7, 11) is 3.18. The number of hydrogen-bond donors (Lipinski definition) is 3. The van der Waals surface area contributed by atoms with Gasteiger partial charge in [-0.3, -0.25) is 4.79 Å². The van der Waals surface area contributed by atoms with Crippen LogP contribution in [0.2, 0.25) is 0 Å². The third-order valence-corrected chi connectivity index (χ3v) is 6.28. The van der Waals surface area contributed by atoms with Gasteiger partial charge in [-0.25, -0.2) is 4.98 Å². The lowest BCUT2D eigenvalue weighted by molar-refractivity contribution is -0.128. The Morgan fingerprint density at radius 1 is 1.06 bits per heavy atom. The number of nitrogens with zero attached hydrogens (tertiary/aromatic N) is 2. The van der Waals surface area contributed by atoms with Gasteiger partial charge >= 0.3 is 0 Å². The fourth-order valence-corrected chi connectivity index (χ4v) is 4.46. The lowest BCUT2D eigenvalue weighted by Gasteiger charge is -2.30. The molecule has 4 N–H and O–H groups in total. The van der Waals surface area contributed by atoms with Crippen LogP contribution in [0.5, 0.6) is 5.75 Å². The van der Waals surface area contributed by atoms with Crippen LogP contribution in [0.3, 0.4) is 0 Å². The molecule has 34 heavy (non-hydrogen) atoms. The first-order valence-corrected chi connectivity index (χ1v) is 11.3. The van der Waals surface area contributed by atoms with Crippen LogP contribution in [0.25, 0.3) is 10.9 Å². The Bertz CT molecular complexity index is 1090. The summed E-state index contributed by atoms with van der Waals surface area (Å²) in [6.45, 7) is 0. The number of aromatic nitrogens is 2. The van der Waals surface area contributed by atoms with Crippen molar-refractivity contribution in [3.05, 3.63) is 48.5 Å². The summed E-state index contributed by atoms with van der Waals surface area (Å²) in [4.78, 5) is 21.1. The molecule has 2 aromatic carbocycles. The minimum atomic E-state index is -0.512. The van der Waals surface area contributed by atoms with E-state index in [2.05, 4.69) is 10.6 Å². The Morgan fingerprint density at radius 3 is 2.44 bits per heavy atom. The minimum absolute atomic E-state index is 0. The molecule has 4 rings (SSSR count). The summed E-state index contributed by atoms with van der Waals surface area (Å²) in [5.41, 5.74) is 7.13. The van der Waals surface area contributed by atoms with Gasteiger partial charge in [-0.05, 0) is 62.3 Å². The van der Waals surface area contributed by atoms with Gasteiger partial charge in [0.25, 0.3) is 0 Å². The SMILES string of the molecule is COc1cccc2c(Nc3ccccc3)nc(NC3CCC(CC(OC)C(N)=O)CC3)nc12.Cl. The van der Waals surface area contributed by atoms with Gasteiger partial charge in [-0.2, -0.15) is 4.98 Å². The first-order chi connectivity index (χ1) is 16.1. The number of nitrogens with two attached hydrogens (primary N) is 1. The van der Waals surface area contributed by atoms with E-state index in [4.69, 9.17) is 25.2 Å². The number of amides is 1. The number of methoxy groups -OCH3 is 2. The van der Waals surface area contributed by atoms with E-state index in [9.17, 15) is 4.79 Å². The number of benzene rings is 2. The summed E-state index contributed by atoms with van der Waals surface area (Å²) in [5, 5.41) is 7.83. The second-order valence-corrected chi connectivity index (χ2v) is 8.47. The normalized spacial score (nSPS) is 18.5. The van der Waals surface area contributed by atoms with Gasteiger partial charge in [0.2, 0.25) is 11.9 Å². The van der Waals surface area contributed by atoms with Crippen molar-refractivity contribution in [3.63, 3.8) is 0 Å². The van der Waals surface area contributed by atoms with Crippen LogP contribution in [0, 0.1) is 5.92 Å². The number of ether oxygens (including phenoxy) is 2. The molecule has 0 saturated heterocycles. The Hall–Kier alpha value is -3.10. The van der Waals surface area contributed by atoms with Crippen LogP contribution in [0.1, 0.15) is 32.1 Å². The van der Waals surface area contributed by atoms with Gasteiger partial charge in [0, 0.05) is 24.2 Å². The van der Waals surface area contributed by atoms with Gasteiger partial charge in [0.05, 0.1) is 7.11 Å². The number of primary amides is 1. The van der Waals surface area contributed by atoms with E-state index in [-0.39, 0.29) is 18.4 Å². The molecule has 1 saturated carbocycles. The van der Waals surface area contributed by atoms with Crippen LogP contribution < -0.4 is 21.1 Å². The molecule has 0 aliphatic heterocycles. The molecule has 1 aliphatic carbocycles. The Labute approximate surface area is 206 Å². The number of para-hydroxylation sites is 2. The van der Waals surface area contributed by atoms with Gasteiger partial charge in [0.15, 0.2) is 0 Å². The zero-order valence-corrected chi connectivity index (χ0v) is 20.3. The van der Waals surface area contributed by atoms with Crippen LogP contribution in [-0.4, -0.2) is 42.2 Å². The zero-order valence-electron chi connectivity index (χ0n) is 19.5. The lowest BCUT2D eigenvalue weighted by atomic mass is 9.82. The number of carbonyl (C=O) groups is 1. The first-order valence-electron chi connectivity index (χ1n) is 11.3. The molecule has 1 aliphatic rings. The third kappa shape index (κ3) is 6.07. The number of nitrogens with one attached hydrogen (secondary N) is 2. The molecule has 0 radical (unpaired) electrons. The van der Waals surface area contributed by atoms with E-state index in [0.29, 0.717) is 24.0 Å². The summed E-state index contributed by atoms with van der Waals surface area (Å²) in [6.07, 6.45) is 4.09. The van der Waals surface area contributed by atoms with Crippen molar-refractivity contribution in [1.29, 1.82) is 0 Å². The van der Waals surface area contributed by atoms with Crippen molar-refractivity contribution < 1.29 is 14.3 Å². The molecule has 1 fully saturated rings. The maximum absolute atomic E-state index is 11.5. The van der Waals surface area contributed by atoms with E-state index < -0.39 is 12.0 Å². The van der Waals surface area contributed by atoms with E-state index in [1.807, 2.05) is 48.5 Å². The molecule has 182 valence electrons. The molecule has 1 aromatic heterocycles. The van der Waals surface area contributed by atoms with Crippen LogP contribution in [0.4, 0.5) is 17.5 Å². The molecular formula is C25H32ClN5O3. The average Bonchev–Trinajstić information content (AvgIpc) is 2.83. The lowest BCUT2D eigenvalue weighted by Crippen LogP contribution is -2.34. The molecule has 1 amide bonds. The summed E-state index contributed by atoms with van der Waals surface area (Å²) < 4.78 is 10.8. The molecule has 3 aromatic rings. The monoisotopic (exact) mass is 485 g/mol. The van der Waals surface area contributed by atoms with Crippen molar-refractivity contribution in [2.45, 2.75) is 44.2 Å². The summed E-state index contributed by atoms with van der Waals surface area (Å²) >= 11 is 0. The van der Waals surface area contributed by atoms with E-state index in [0.717, 1.165) is 48.1 Å². The standard InChI is InChI=1S/C25H31N5O3.ClH/c1-32-20-10-6-9-19-22(20)29-25(30-24(19)27-17-7-4-3-5-8-17)28-18-13-11-16(12-14-18)15-21(33-2)23(26)31;/h3-10,16,18,21H,11-15H2,1-2H3,(H2,26,31)(H2,27,28,29,30);1H. The smallest absolute Gasteiger partial charge is 0.246 e. The van der Waals surface area contributed by atoms with E-state index >= 15 is 0 Å². The highest BCUT2D eigenvalue weighted by atomic mass is 35.5. The molecule has 0 bridgehead atoms. The predicted octanol–water partition coefficient (Wildman–Crippen LogP) is 4.66. The van der Waals surface area contributed by atoms with E-state index in [1.165, 1.54) is 7.11 Å². The maximum Gasteiger partial charge on any atom is 0.246 e. The van der Waals surface area contributed by atoms with Crippen molar-refractivity contribution in [3.8, 4) is 5.75 Å². The highest BCUT2D eigenvalue weighted by Crippen LogP contribution is 2.33. The summed E-state index contributed by atoms with van der Waals surface area (Å²) in [5.74, 6) is 2.03. The molecule has 9 heteroatoms. The second kappa shape index (κ2) is 11.9. The molecule has 8 nitrogen and oxygen atoms in total. The number of hydrogen-bond acceptors (Lipinski definition) is 7. The predicted molar refractivity (Wildman–Crippen MR) is 137 cm³/mol. The third-order valence-electron chi connectivity index (χ3n) is 6.28. The number of carbonyl (C=O) groups excluding carboxylic acids is 1. The summed E-state index contributed by atoms with van der Waals surface area (Å²) in [6, 6.07) is 16.0. The molecule has 1 unspecified atom stereocenters. The minimum Gasteiger partial charge on any atom is -0.494 e. The Balaban J connectivity index is 0.00000324. The molecule has 1 heterocycles. The fraction of sp³-hybridized carbons (Fsp3) is 0.400. The highest BCUT2D eigenvalue weighted by molar-refractivity contribution is 5.95. The largest absolute Gasteiger partial charge is 0.494 e. The van der Waals surface area contributed by atoms with E-state index in [1.54, 1.807) is 7.11 Å². The van der Waals surface area contributed by atoms with Gasteiger partial charge < -0.3 is 25.8 Å². The first kappa shape index (κ1) is 25.5. The van der Waals surface area contributed by atoms with Crippen molar-refractivity contribution >= 4 is 46.7 Å². The number of fused-ring (bicyclic) bond motifs is 1. The quantitative estimate of drug-likeness (QED) is 0.404. The Kier molecular flexibility index (Phi) is 8.90. The molecular weight excluding hydrogens is 454 g/mol. The molecule has 0 spiro atoms. The fourth-order valence-electron chi connectivity index (χ4n) is 4.46. The van der Waals surface area contributed by atoms with Gasteiger partial charge in [-0.1, -0.05) is 24.3 Å². The zero-order chi connectivity index (χ0) is 23.2. The second-order valence-electron chi connectivity index (χ2n) is 8.47. The topological polar surface area (TPSA) is 111 Å². The average molecular weight is 486 g/mol. The van der Waals surface area contributed by atoms with Gasteiger partial charge in [0.1, 0.15) is 23.2 Å². The van der Waals surface area contributed by atoms with Crippen LogP contribution in [-0.2, 0) is 9.53 Å². The number of anilines is 3. The van der Waals surface area contributed by atoms with Crippen LogP contribution in [0.15, 0.2) is 48.5 Å².